The quantitative estimate of drug-likeness (QED) is 0.294. The predicted molar refractivity (Wildman–Crippen MR) is 132 cm³/mol. The Morgan fingerprint density at radius 3 is 2.26 bits per heavy atom. The summed E-state index contributed by atoms with van der Waals surface area (Å²) >= 11 is 6.35. The summed E-state index contributed by atoms with van der Waals surface area (Å²) in [6, 6.07) is 16.8. The Hall–Kier alpha value is -3.77. The zero-order valence-corrected chi connectivity index (χ0v) is 20.0. The SMILES string of the molecule is COc1ccc(N2C(=O)C(=O)/C(=C(/O)c3cc(C)cc(Cl)c3OC)C2c2ccccc2C)cc1. The van der Waals surface area contributed by atoms with E-state index < -0.39 is 17.7 Å². The summed E-state index contributed by atoms with van der Waals surface area (Å²) in [5.41, 5.74) is 3.08. The maximum absolute atomic E-state index is 13.4. The number of aliphatic hydroxyl groups is 1. The van der Waals surface area contributed by atoms with E-state index >= 15 is 0 Å². The molecule has 0 aromatic heterocycles. The van der Waals surface area contributed by atoms with Gasteiger partial charge in [-0.05, 0) is 66.9 Å². The van der Waals surface area contributed by atoms with E-state index in [1.165, 1.54) is 12.0 Å². The standard InChI is InChI=1S/C27H24ClNO5/c1-15-13-20(26(34-4)21(28)14-15)24(30)22-23(19-8-6-5-7-16(19)2)29(27(32)25(22)31)17-9-11-18(33-3)12-10-17/h5-14,23,30H,1-4H3/b24-22+. The molecule has 34 heavy (non-hydrogen) atoms. The molecule has 7 heteroatoms. The minimum atomic E-state index is -0.849. The Labute approximate surface area is 203 Å². The number of ketones is 1. The van der Waals surface area contributed by atoms with Crippen LogP contribution < -0.4 is 14.4 Å². The molecule has 0 saturated carbocycles. The van der Waals surface area contributed by atoms with Gasteiger partial charge in [0.25, 0.3) is 11.7 Å². The van der Waals surface area contributed by atoms with Crippen LogP contribution in [-0.2, 0) is 9.59 Å². The summed E-state index contributed by atoms with van der Waals surface area (Å²) in [6.45, 7) is 3.71. The number of benzene rings is 3. The van der Waals surface area contributed by atoms with E-state index in [1.807, 2.05) is 38.1 Å². The first-order valence-electron chi connectivity index (χ1n) is 10.6. The molecule has 174 valence electrons. The minimum Gasteiger partial charge on any atom is -0.507 e. The molecule has 1 fully saturated rings. The van der Waals surface area contributed by atoms with Gasteiger partial charge in [-0.2, -0.15) is 0 Å². The van der Waals surface area contributed by atoms with Crippen molar-refractivity contribution in [2.45, 2.75) is 19.9 Å². The van der Waals surface area contributed by atoms with Gasteiger partial charge in [-0.1, -0.05) is 35.9 Å². The predicted octanol–water partition coefficient (Wildman–Crippen LogP) is 5.60. The fourth-order valence-electron chi connectivity index (χ4n) is 4.29. The number of anilines is 1. The van der Waals surface area contributed by atoms with Crippen LogP contribution in [0.3, 0.4) is 0 Å². The highest BCUT2D eigenvalue weighted by Gasteiger charge is 2.47. The molecule has 3 aromatic rings. The molecular weight excluding hydrogens is 454 g/mol. The van der Waals surface area contributed by atoms with Crippen molar-refractivity contribution in [2.75, 3.05) is 19.1 Å². The second kappa shape index (κ2) is 9.23. The molecule has 1 unspecified atom stereocenters. The van der Waals surface area contributed by atoms with Crippen molar-refractivity contribution in [2.24, 2.45) is 0 Å². The molecular formula is C27H24ClNO5. The lowest BCUT2D eigenvalue weighted by Crippen LogP contribution is -2.29. The number of rotatable bonds is 5. The second-order valence-electron chi connectivity index (χ2n) is 8.05. The third-order valence-corrected chi connectivity index (χ3v) is 6.21. The van der Waals surface area contributed by atoms with Crippen molar-refractivity contribution in [3.8, 4) is 11.5 Å². The number of ether oxygens (including phenoxy) is 2. The van der Waals surface area contributed by atoms with E-state index in [-0.39, 0.29) is 22.6 Å². The number of hydrogen-bond donors (Lipinski definition) is 1. The fourth-order valence-corrected chi connectivity index (χ4v) is 4.64. The van der Waals surface area contributed by atoms with Gasteiger partial charge in [0, 0.05) is 5.69 Å². The number of carbonyl (C=O) groups is 2. The molecule has 0 radical (unpaired) electrons. The van der Waals surface area contributed by atoms with Crippen molar-refractivity contribution >= 4 is 34.7 Å². The second-order valence-corrected chi connectivity index (χ2v) is 8.46. The summed E-state index contributed by atoms with van der Waals surface area (Å²) in [7, 11) is 2.98. The molecule has 1 N–H and O–H groups in total. The molecule has 1 amide bonds. The molecule has 6 nitrogen and oxygen atoms in total. The zero-order chi connectivity index (χ0) is 24.6. The molecule has 0 bridgehead atoms. The zero-order valence-electron chi connectivity index (χ0n) is 19.3. The Morgan fingerprint density at radius 1 is 0.971 bits per heavy atom. The van der Waals surface area contributed by atoms with E-state index in [0.29, 0.717) is 16.5 Å². The van der Waals surface area contributed by atoms with Gasteiger partial charge in [0.2, 0.25) is 0 Å². The molecule has 1 saturated heterocycles. The van der Waals surface area contributed by atoms with Crippen LogP contribution in [-0.4, -0.2) is 31.0 Å². The number of Topliss-reactive ketones (excluding diaryl/α,β-unsaturated/α-hetero) is 1. The van der Waals surface area contributed by atoms with Crippen LogP contribution in [0, 0.1) is 13.8 Å². The third kappa shape index (κ3) is 3.90. The fraction of sp³-hybridized carbons (Fsp3) is 0.185. The van der Waals surface area contributed by atoms with Crippen molar-refractivity contribution in [1.29, 1.82) is 0 Å². The molecule has 1 heterocycles. The normalized spacial score (nSPS) is 17.2. The van der Waals surface area contributed by atoms with E-state index in [4.69, 9.17) is 21.1 Å². The third-order valence-electron chi connectivity index (χ3n) is 5.93. The molecule has 1 aliphatic heterocycles. The number of nitrogens with zero attached hydrogens (tertiary/aromatic N) is 1. The first kappa shape index (κ1) is 23.4. The van der Waals surface area contributed by atoms with Crippen LogP contribution >= 0.6 is 11.6 Å². The van der Waals surface area contributed by atoms with Crippen molar-refractivity contribution in [3.05, 3.63) is 93.5 Å². The van der Waals surface area contributed by atoms with E-state index in [9.17, 15) is 14.7 Å². The number of carbonyl (C=O) groups excluding carboxylic acids is 2. The average Bonchev–Trinajstić information content (AvgIpc) is 3.08. The summed E-state index contributed by atoms with van der Waals surface area (Å²) in [5, 5.41) is 11.8. The van der Waals surface area contributed by atoms with Gasteiger partial charge in [-0.25, -0.2) is 0 Å². The van der Waals surface area contributed by atoms with E-state index in [1.54, 1.807) is 43.5 Å². The Balaban J connectivity index is 2.01. The summed E-state index contributed by atoms with van der Waals surface area (Å²) in [6.07, 6.45) is 0. The van der Waals surface area contributed by atoms with Gasteiger partial charge in [0.1, 0.15) is 17.3 Å². The Bertz CT molecular complexity index is 1310. The summed E-state index contributed by atoms with van der Waals surface area (Å²) < 4.78 is 10.7. The van der Waals surface area contributed by atoms with Crippen LogP contribution in [0.1, 0.15) is 28.3 Å². The highest BCUT2D eigenvalue weighted by molar-refractivity contribution is 6.51. The number of aliphatic hydroxyl groups excluding tert-OH is 1. The van der Waals surface area contributed by atoms with Gasteiger partial charge in [-0.15, -0.1) is 0 Å². The van der Waals surface area contributed by atoms with Crippen LogP contribution in [0.15, 0.2) is 66.2 Å². The van der Waals surface area contributed by atoms with Gasteiger partial charge >= 0.3 is 0 Å². The van der Waals surface area contributed by atoms with Gasteiger partial charge in [0.15, 0.2) is 0 Å². The largest absolute Gasteiger partial charge is 0.507 e. The maximum atomic E-state index is 13.4. The van der Waals surface area contributed by atoms with Crippen LogP contribution in [0.5, 0.6) is 11.5 Å². The lowest BCUT2D eigenvalue weighted by molar-refractivity contribution is -0.132. The minimum absolute atomic E-state index is 0.0323. The van der Waals surface area contributed by atoms with E-state index in [0.717, 1.165) is 16.7 Å². The van der Waals surface area contributed by atoms with Crippen LogP contribution in [0.25, 0.3) is 5.76 Å². The van der Waals surface area contributed by atoms with Crippen LogP contribution in [0.4, 0.5) is 5.69 Å². The molecule has 3 aromatic carbocycles. The van der Waals surface area contributed by atoms with Gasteiger partial charge in [0.05, 0.1) is 36.4 Å². The van der Waals surface area contributed by atoms with E-state index in [2.05, 4.69) is 0 Å². The summed E-state index contributed by atoms with van der Waals surface area (Å²) in [5.74, 6) is -1.03. The highest BCUT2D eigenvalue weighted by atomic mass is 35.5. The lowest BCUT2D eigenvalue weighted by atomic mass is 9.92. The van der Waals surface area contributed by atoms with Crippen LogP contribution in [0.2, 0.25) is 5.02 Å². The maximum Gasteiger partial charge on any atom is 0.300 e. The number of aryl methyl sites for hydroxylation is 2. The first-order valence-corrected chi connectivity index (χ1v) is 11.0. The van der Waals surface area contributed by atoms with Crippen molar-refractivity contribution in [1.82, 2.24) is 0 Å². The molecule has 1 aliphatic rings. The molecule has 4 rings (SSSR count). The van der Waals surface area contributed by atoms with Crippen molar-refractivity contribution in [3.63, 3.8) is 0 Å². The Morgan fingerprint density at radius 2 is 1.65 bits per heavy atom. The number of hydrogen-bond acceptors (Lipinski definition) is 5. The van der Waals surface area contributed by atoms with Crippen molar-refractivity contribution < 1.29 is 24.2 Å². The number of amides is 1. The van der Waals surface area contributed by atoms with Gasteiger partial charge < -0.3 is 14.6 Å². The smallest absolute Gasteiger partial charge is 0.300 e. The molecule has 1 atom stereocenters. The number of methoxy groups -OCH3 is 2. The highest BCUT2D eigenvalue weighted by Crippen LogP contribution is 2.45. The lowest BCUT2D eigenvalue weighted by Gasteiger charge is -2.27. The molecule has 0 aliphatic carbocycles. The average molecular weight is 478 g/mol. The number of halogens is 1. The Kier molecular flexibility index (Phi) is 6.35. The van der Waals surface area contributed by atoms with Gasteiger partial charge in [-0.3, -0.25) is 14.5 Å². The summed E-state index contributed by atoms with van der Waals surface area (Å²) in [4.78, 5) is 28.1. The molecule has 0 spiro atoms. The first-order chi connectivity index (χ1) is 16.3. The monoisotopic (exact) mass is 477 g/mol. The topological polar surface area (TPSA) is 76.1 Å².